The second kappa shape index (κ2) is 7.02. The molecule has 0 saturated carbocycles. The highest BCUT2D eigenvalue weighted by Gasteiger charge is 2.29. The molecule has 1 aromatic rings. The summed E-state index contributed by atoms with van der Waals surface area (Å²) in [5.41, 5.74) is 0.708. The van der Waals surface area contributed by atoms with Gasteiger partial charge in [-0.15, -0.1) is 0 Å². The number of nitro benzene ring substituents is 1. The van der Waals surface area contributed by atoms with Crippen LogP contribution < -0.4 is 4.90 Å². The van der Waals surface area contributed by atoms with Crippen molar-refractivity contribution in [1.82, 2.24) is 4.31 Å². The van der Waals surface area contributed by atoms with Gasteiger partial charge >= 0.3 is 0 Å². The van der Waals surface area contributed by atoms with Crippen LogP contribution in [0.2, 0.25) is 5.02 Å². The Kier molecular flexibility index (Phi) is 5.49. The van der Waals surface area contributed by atoms with E-state index in [9.17, 15) is 18.5 Å². The number of rotatable bonds is 5. The number of piperidine rings is 1. The van der Waals surface area contributed by atoms with Crippen LogP contribution in [0.1, 0.15) is 19.8 Å². The monoisotopic (exact) mass is 361 g/mol. The molecule has 0 amide bonds. The lowest BCUT2D eigenvalue weighted by molar-refractivity contribution is -0.384. The van der Waals surface area contributed by atoms with Crippen molar-refractivity contribution in [3.63, 3.8) is 0 Å². The van der Waals surface area contributed by atoms with Crippen LogP contribution >= 0.6 is 11.6 Å². The van der Waals surface area contributed by atoms with Crippen LogP contribution in [0.15, 0.2) is 18.2 Å². The van der Waals surface area contributed by atoms with Crippen LogP contribution in [0.4, 0.5) is 11.4 Å². The molecule has 23 heavy (non-hydrogen) atoms. The Balaban J connectivity index is 2.06. The molecule has 0 aliphatic carbocycles. The number of sulfonamides is 1. The standard InChI is InChI=1S/C14H20ClN3O4S/c1-3-23(21,22)16(2)11-6-8-17(9-7-11)14-5-4-12(18(19)20)10-13(14)15/h4-5,10-11H,3,6-9H2,1-2H3. The maximum Gasteiger partial charge on any atom is 0.271 e. The minimum Gasteiger partial charge on any atom is -0.370 e. The Labute approximate surface area is 141 Å². The first-order chi connectivity index (χ1) is 10.8. The van der Waals surface area contributed by atoms with Crippen LogP contribution in [0.25, 0.3) is 0 Å². The molecule has 1 fully saturated rings. The lowest BCUT2D eigenvalue weighted by Gasteiger charge is -2.37. The van der Waals surface area contributed by atoms with Gasteiger partial charge < -0.3 is 4.90 Å². The van der Waals surface area contributed by atoms with Crippen LogP contribution in [0.3, 0.4) is 0 Å². The van der Waals surface area contributed by atoms with E-state index in [1.165, 1.54) is 16.4 Å². The number of nitro groups is 1. The highest BCUT2D eigenvalue weighted by Crippen LogP contribution is 2.32. The van der Waals surface area contributed by atoms with Crippen molar-refractivity contribution in [3.05, 3.63) is 33.3 Å². The average Bonchev–Trinajstić information content (AvgIpc) is 2.54. The molecule has 1 heterocycles. The SMILES string of the molecule is CCS(=O)(=O)N(C)C1CCN(c2ccc([N+](=O)[O-])cc2Cl)CC1. The predicted molar refractivity (Wildman–Crippen MR) is 90.6 cm³/mol. The molecule has 0 spiro atoms. The zero-order chi connectivity index (χ0) is 17.2. The zero-order valence-corrected chi connectivity index (χ0v) is 14.7. The normalized spacial score (nSPS) is 16.8. The molecule has 1 aliphatic rings. The third-order valence-corrected chi connectivity index (χ3v) is 6.47. The second-order valence-electron chi connectivity index (χ2n) is 5.53. The number of halogens is 1. The first-order valence-electron chi connectivity index (χ1n) is 7.41. The van der Waals surface area contributed by atoms with Gasteiger partial charge in [0, 0.05) is 38.3 Å². The summed E-state index contributed by atoms with van der Waals surface area (Å²) in [4.78, 5) is 12.3. The van der Waals surface area contributed by atoms with Gasteiger partial charge in [-0.2, -0.15) is 0 Å². The fourth-order valence-corrected chi connectivity index (χ4v) is 4.13. The first-order valence-corrected chi connectivity index (χ1v) is 9.39. The van der Waals surface area contributed by atoms with Gasteiger partial charge in [0.2, 0.25) is 10.0 Å². The maximum atomic E-state index is 11.9. The lowest BCUT2D eigenvalue weighted by atomic mass is 10.0. The summed E-state index contributed by atoms with van der Waals surface area (Å²) in [6.45, 7) is 2.95. The number of non-ortho nitro benzene ring substituents is 1. The average molecular weight is 362 g/mol. The summed E-state index contributed by atoms with van der Waals surface area (Å²) in [6, 6.07) is 4.40. The van der Waals surface area contributed by atoms with E-state index < -0.39 is 14.9 Å². The lowest BCUT2D eigenvalue weighted by Crippen LogP contribution is -2.46. The molecule has 1 aliphatic heterocycles. The van der Waals surface area contributed by atoms with Crippen LogP contribution in [0, 0.1) is 10.1 Å². The van der Waals surface area contributed by atoms with Crippen molar-refractivity contribution in [3.8, 4) is 0 Å². The Morgan fingerprint density at radius 3 is 2.48 bits per heavy atom. The summed E-state index contributed by atoms with van der Waals surface area (Å²) < 4.78 is 25.3. The van der Waals surface area contributed by atoms with E-state index in [0.717, 1.165) is 5.69 Å². The minimum atomic E-state index is -3.19. The Hall–Kier alpha value is -1.38. The summed E-state index contributed by atoms with van der Waals surface area (Å²) in [7, 11) is -1.57. The second-order valence-corrected chi connectivity index (χ2v) is 8.25. The molecule has 2 rings (SSSR count). The van der Waals surface area contributed by atoms with E-state index in [1.54, 1.807) is 20.0 Å². The van der Waals surface area contributed by atoms with E-state index in [-0.39, 0.29) is 17.5 Å². The van der Waals surface area contributed by atoms with Gasteiger partial charge in [-0.25, -0.2) is 12.7 Å². The molecule has 7 nitrogen and oxygen atoms in total. The number of nitrogens with zero attached hydrogens (tertiary/aromatic N) is 3. The van der Waals surface area contributed by atoms with Gasteiger partial charge in [0.15, 0.2) is 0 Å². The van der Waals surface area contributed by atoms with Crippen molar-refractivity contribution in [2.45, 2.75) is 25.8 Å². The molecule has 0 aromatic heterocycles. The van der Waals surface area contributed by atoms with Gasteiger partial charge in [0.25, 0.3) is 5.69 Å². The van der Waals surface area contributed by atoms with E-state index in [1.807, 2.05) is 4.90 Å². The van der Waals surface area contributed by atoms with Crippen molar-refractivity contribution in [2.75, 3.05) is 30.8 Å². The topological polar surface area (TPSA) is 83.8 Å². The quantitative estimate of drug-likeness (QED) is 0.594. The molecule has 0 unspecified atom stereocenters. The first kappa shape index (κ1) is 18.0. The van der Waals surface area contributed by atoms with Crippen molar-refractivity contribution >= 4 is 33.0 Å². The molecular weight excluding hydrogens is 342 g/mol. The fraction of sp³-hybridized carbons (Fsp3) is 0.571. The van der Waals surface area contributed by atoms with Crippen molar-refractivity contribution in [1.29, 1.82) is 0 Å². The highest BCUT2D eigenvalue weighted by atomic mass is 35.5. The van der Waals surface area contributed by atoms with E-state index in [0.29, 0.717) is 31.0 Å². The third-order valence-electron chi connectivity index (χ3n) is 4.27. The van der Waals surface area contributed by atoms with E-state index in [2.05, 4.69) is 0 Å². The number of anilines is 1. The Morgan fingerprint density at radius 2 is 2.00 bits per heavy atom. The van der Waals surface area contributed by atoms with Gasteiger partial charge in [-0.3, -0.25) is 10.1 Å². The van der Waals surface area contributed by atoms with E-state index in [4.69, 9.17) is 11.6 Å². The number of benzene rings is 1. The molecule has 0 radical (unpaired) electrons. The molecular formula is C14H20ClN3O4S. The number of hydrogen-bond donors (Lipinski definition) is 0. The Morgan fingerprint density at radius 1 is 1.39 bits per heavy atom. The van der Waals surface area contributed by atoms with Gasteiger partial charge in [-0.1, -0.05) is 11.6 Å². The molecule has 0 bridgehead atoms. The zero-order valence-electron chi connectivity index (χ0n) is 13.1. The summed E-state index contributed by atoms with van der Waals surface area (Å²) in [6.07, 6.45) is 1.39. The largest absolute Gasteiger partial charge is 0.370 e. The minimum absolute atomic E-state index is 0.0203. The fourth-order valence-electron chi connectivity index (χ4n) is 2.77. The van der Waals surface area contributed by atoms with Crippen molar-refractivity contribution in [2.24, 2.45) is 0 Å². The number of hydrogen-bond acceptors (Lipinski definition) is 5. The molecule has 128 valence electrons. The smallest absolute Gasteiger partial charge is 0.271 e. The Bertz CT molecular complexity index is 687. The molecule has 0 N–H and O–H groups in total. The highest BCUT2D eigenvalue weighted by molar-refractivity contribution is 7.89. The van der Waals surface area contributed by atoms with Gasteiger partial charge in [0.05, 0.1) is 21.4 Å². The summed E-state index contributed by atoms with van der Waals surface area (Å²) in [5, 5.41) is 11.1. The predicted octanol–water partition coefficient (Wildman–Crippen LogP) is 2.50. The summed E-state index contributed by atoms with van der Waals surface area (Å²) >= 11 is 6.15. The summed E-state index contributed by atoms with van der Waals surface area (Å²) in [5.74, 6) is 0.0951. The van der Waals surface area contributed by atoms with Crippen LogP contribution in [-0.2, 0) is 10.0 Å². The maximum absolute atomic E-state index is 11.9. The van der Waals surface area contributed by atoms with Gasteiger partial charge in [0.1, 0.15) is 0 Å². The van der Waals surface area contributed by atoms with E-state index >= 15 is 0 Å². The molecule has 1 saturated heterocycles. The molecule has 9 heteroatoms. The van der Waals surface area contributed by atoms with Crippen LogP contribution in [0.5, 0.6) is 0 Å². The van der Waals surface area contributed by atoms with Gasteiger partial charge in [-0.05, 0) is 25.8 Å². The van der Waals surface area contributed by atoms with Crippen LogP contribution in [-0.4, -0.2) is 49.6 Å². The molecule has 1 aromatic carbocycles. The molecule has 0 atom stereocenters. The third kappa shape index (κ3) is 3.94. The van der Waals surface area contributed by atoms with Crippen molar-refractivity contribution < 1.29 is 13.3 Å².